The molecule has 88 valence electrons. The van der Waals surface area contributed by atoms with Gasteiger partial charge in [-0.05, 0) is 26.2 Å². The summed E-state index contributed by atoms with van der Waals surface area (Å²) in [5.74, 6) is 8.19. The number of hydrazine groups is 1. The Kier molecular flexibility index (Phi) is 3.24. The molecule has 1 aliphatic carbocycles. The molecule has 5 heteroatoms. The Morgan fingerprint density at radius 1 is 1.38 bits per heavy atom. The van der Waals surface area contributed by atoms with Gasteiger partial charge in [-0.2, -0.15) is 4.98 Å². The van der Waals surface area contributed by atoms with Crippen molar-refractivity contribution in [3.8, 4) is 5.88 Å². The molecule has 5 nitrogen and oxygen atoms in total. The number of ether oxygens (including phenoxy) is 1. The summed E-state index contributed by atoms with van der Waals surface area (Å²) in [7, 11) is 0. The summed E-state index contributed by atoms with van der Waals surface area (Å²) in [5, 5.41) is 0. The van der Waals surface area contributed by atoms with Crippen LogP contribution >= 0.6 is 0 Å². The third-order valence-corrected chi connectivity index (χ3v) is 2.81. The molecule has 0 aliphatic heterocycles. The second kappa shape index (κ2) is 4.65. The number of nitrogens with zero attached hydrogens (tertiary/aromatic N) is 2. The van der Waals surface area contributed by atoms with Crippen LogP contribution in [0.15, 0.2) is 0 Å². The van der Waals surface area contributed by atoms with Gasteiger partial charge in [-0.3, -0.25) is 0 Å². The molecular weight excluding hydrogens is 204 g/mol. The van der Waals surface area contributed by atoms with Gasteiger partial charge in [0.1, 0.15) is 11.6 Å². The summed E-state index contributed by atoms with van der Waals surface area (Å²) >= 11 is 0. The molecule has 1 aromatic rings. The molecule has 3 N–H and O–H groups in total. The molecule has 1 heterocycles. The Hall–Kier alpha value is -1.36. The first-order valence-electron chi connectivity index (χ1n) is 5.65. The first kappa shape index (κ1) is 11.1. The monoisotopic (exact) mass is 222 g/mol. The Morgan fingerprint density at radius 2 is 2.12 bits per heavy atom. The molecule has 0 bridgehead atoms. The zero-order chi connectivity index (χ0) is 11.5. The molecule has 0 saturated heterocycles. The number of aryl methyl sites for hydroxylation is 1. The standard InChI is InChI=1S/C11H18N4O/c1-7-10(15-12)13-8(2)14-11(7)16-6-5-9-3-4-9/h9H,3-6,12H2,1-2H3,(H,13,14,15). The molecule has 1 aromatic heterocycles. The lowest BCUT2D eigenvalue weighted by atomic mass is 10.3. The highest BCUT2D eigenvalue weighted by molar-refractivity contribution is 5.47. The number of nitrogen functional groups attached to an aromatic ring is 1. The van der Waals surface area contributed by atoms with Crippen molar-refractivity contribution in [2.45, 2.75) is 33.1 Å². The normalized spacial score (nSPS) is 14.9. The van der Waals surface area contributed by atoms with E-state index in [-0.39, 0.29) is 0 Å². The van der Waals surface area contributed by atoms with Crippen molar-refractivity contribution in [3.05, 3.63) is 11.4 Å². The van der Waals surface area contributed by atoms with Crippen LogP contribution in [0.3, 0.4) is 0 Å². The van der Waals surface area contributed by atoms with Crippen LogP contribution in [0.25, 0.3) is 0 Å². The second-order valence-electron chi connectivity index (χ2n) is 4.27. The summed E-state index contributed by atoms with van der Waals surface area (Å²) in [6, 6.07) is 0. The smallest absolute Gasteiger partial charge is 0.221 e. The SMILES string of the molecule is Cc1nc(NN)c(C)c(OCCC2CC2)n1. The maximum Gasteiger partial charge on any atom is 0.221 e. The van der Waals surface area contributed by atoms with Crippen LogP contribution in [0.1, 0.15) is 30.7 Å². The number of nitrogens with one attached hydrogen (secondary N) is 1. The predicted octanol–water partition coefficient (Wildman–Crippen LogP) is 1.56. The Bertz CT molecular complexity index is 376. The van der Waals surface area contributed by atoms with E-state index in [4.69, 9.17) is 10.6 Å². The Labute approximate surface area is 95.4 Å². The van der Waals surface area contributed by atoms with Crippen molar-refractivity contribution in [3.63, 3.8) is 0 Å². The van der Waals surface area contributed by atoms with Gasteiger partial charge in [0, 0.05) is 0 Å². The minimum absolute atomic E-state index is 0.633. The highest BCUT2D eigenvalue weighted by Gasteiger charge is 2.21. The summed E-state index contributed by atoms with van der Waals surface area (Å²) in [4.78, 5) is 8.45. The fourth-order valence-electron chi connectivity index (χ4n) is 1.61. The van der Waals surface area contributed by atoms with E-state index in [1.165, 1.54) is 12.8 Å². The average Bonchev–Trinajstić information content (AvgIpc) is 3.06. The molecule has 2 rings (SSSR count). The summed E-state index contributed by atoms with van der Waals surface area (Å²) < 4.78 is 5.66. The summed E-state index contributed by atoms with van der Waals surface area (Å²) in [5.41, 5.74) is 3.42. The molecule has 0 atom stereocenters. The number of hydrogen-bond donors (Lipinski definition) is 2. The highest BCUT2D eigenvalue weighted by atomic mass is 16.5. The van der Waals surface area contributed by atoms with Gasteiger partial charge in [-0.1, -0.05) is 12.8 Å². The van der Waals surface area contributed by atoms with Crippen LogP contribution in [0, 0.1) is 19.8 Å². The molecule has 0 radical (unpaired) electrons. The number of nitrogens with two attached hydrogens (primary N) is 1. The van der Waals surface area contributed by atoms with E-state index in [9.17, 15) is 0 Å². The maximum atomic E-state index is 5.66. The number of anilines is 1. The van der Waals surface area contributed by atoms with E-state index in [2.05, 4.69) is 15.4 Å². The first-order valence-corrected chi connectivity index (χ1v) is 5.65. The Balaban J connectivity index is 2.02. The predicted molar refractivity (Wildman–Crippen MR) is 62.2 cm³/mol. The number of aromatic nitrogens is 2. The van der Waals surface area contributed by atoms with Crippen molar-refractivity contribution in [2.24, 2.45) is 11.8 Å². The van der Waals surface area contributed by atoms with Gasteiger partial charge in [0.05, 0.1) is 12.2 Å². The maximum absolute atomic E-state index is 5.66. The van der Waals surface area contributed by atoms with E-state index in [0.29, 0.717) is 17.5 Å². The summed E-state index contributed by atoms with van der Waals surface area (Å²) in [6.07, 6.45) is 3.81. The minimum atomic E-state index is 0.633. The quantitative estimate of drug-likeness (QED) is 0.584. The first-order chi connectivity index (χ1) is 7.70. The minimum Gasteiger partial charge on any atom is -0.477 e. The fourth-order valence-corrected chi connectivity index (χ4v) is 1.61. The van der Waals surface area contributed by atoms with Gasteiger partial charge in [0.2, 0.25) is 5.88 Å². The van der Waals surface area contributed by atoms with E-state index in [0.717, 1.165) is 24.5 Å². The van der Waals surface area contributed by atoms with Crippen LogP contribution < -0.4 is 16.0 Å². The lowest BCUT2D eigenvalue weighted by Gasteiger charge is -2.11. The van der Waals surface area contributed by atoms with Gasteiger partial charge in [-0.15, -0.1) is 0 Å². The molecular formula is C11H18N4O. The number of hydrogen-bond acceptors (Lipinski definition) is 5. The molecule has 1 saturated carbocycles. The lowest BCUT2D eigenvalue weighted by Crippen LogP contribution is -2.13. The zero-order valence-electron chi connectivity index (χ0n) is 9.79. The third kappa shape index (κ3) is 2.61. The van der Waals surface area contributed by atoms with Crippen LogP contribution in [-0.2, 0) is 0 Å². The van der Waals surface area contributed by atoms with Gasteiger partial charge in [0.25, 0.3) is 0 Å². The highest BCUT2D eigenvalue weighted by Crippen LogP contribution is 2.32. The fraction of sp³-hybridized carbons (Fsp3) is 0.636. The van der Waals surface area contributed by atoms with E-state index in [1.54, 1.807) is 0 Å². The molecule has 0 unspecified atom stereocenters. The molecule has 0 spiro atoms. The van der Waals surface area contributed by atoms with Crippen LogP contribution in [0.5, 0.6) is 5.88 Å². The third-order valence-electron chi connectivity index (χ3n) is 2.81. The molecule has 0 amide bonds. The van der Waals surface area contributed by atoms with Gasteiger partial charge >= 0.3 is 0 Å². The van der Waals surface area contributed by atoms with Crippen LogP contribution in [0.2, 0.25) is 0 Å². The number of rotatable bonds is 5. The van der Waals surface area contributed by atoms with Gasteiger partial charge < -0.3 is 10.2 Å². The lowest BCUT2D eigenvalue weighted by molar-refractivity contribution is 0.288. The van der Waals surface area contributed by atoms with Crippen LogP contribution in [0.4, 0.5) is 5.82 Å². The molecule has 1 fully saturated rings. The van der Waals surface area contributed by atoms with Gasteiger partial charge in [-0.25, -0.2) is 10.8 Å². The topological polar surface area (TPSA) is 73.1 Å². The van der Waals surface area contributed by atoms with Crippen LogP contribution in [-0.4, -0.2) is 16.6 Å². The Morgan fingerprint density at radius 3 is 2.75 bits per heavy atom. The average molecular weight is 222 g/mol. The van der Waals surface area contributed by atoms with E-state index in [1.807, 2.05) is 13.8 Å². The van der Waals surface area contributed by atoms with Crippen molar-refractivity contribution >= 4 is 5.82 Å². The van der Waals surface area contributed by atoms with E-state index >= 15 is 0 Å². The largest absolute Gasteiger partial charge is 0.477 e. The van der Waals surface area contributed by atoms with Crippen molar-refractivity contribution in [1.82, 2.24) is 9.97 Å². The van der Waals surface area contributed by atoms with Gasteiger partial charge in [0.15, 0.2) is 0 Å². The van der Waals surface area contributed by atoms with Crippen molar-refractivity contribution in [2.75, 3.05) is 12.0 Å². The molecule has 1 aliphatic rings. The zero-order valence-corrected chi connectivity index (χ0v) is 9.79. The van der Waals surface area contributed by atoms with Crippen molar-refractivity contribution in [1.29, 1.82) is 0 Å². The molecule has 16 heavy (non-hydrogen) atoms. The molecule has 0 aromatic carbocycles. The second-order valence-corrected chi connectivity index (χ2v) is 4.27. The van der Waals surface area contributed by atoms with E-state index < -0.39 is 0 Å². The summed E-state index contributed by atoms with van der Waals surface area (Å²) in [6.45, 7) is 4.46. The van der Waals surface area contributed by atoms with Crippen molar-refractivity contribution < 1.29 is 4.74 Å².